The van der Waals surface area contributed by atoms with E-state index in [9.17, 15) is 4.79 Å². The molecule has 0 heterocycles. The number of hydrogen-bond acceptors (Lipinski definition) is 3. The number of ether oxygens (including phenoxy) is 2. The molecule has 4 nitrogen and oxygen atoms in total. The van der Waals surface area contributed by atoms with E-state index in [0.29, 0.717) is 6.61 Å². The largest absolute Gasteiger partial charge is 0.496 e. The summed E-state index contributed by atoms with van der Waals surface area (Å²) >= 11 is 0. The molecule has 2 aromatic carbocycles. The molecule has 0 bridgehead atoms. The van der Waals surface area contributed by atoms with Crippen LogP contribution >= 0.6 is 0 Å². The number of methoxy groups -OCH3 is 1. The topological polar surface area (TPSA) is 47.6 Å². The quantitative estimate of drug-likeness (QED) is 0.765. The first kappa shape index (κ1) is 18.6. The van der Waals surface area contributed by atoms with Crippen LogP contribution in [0.2, 0.25) is 0 Å². The van der Waals surface area contributed by atoms with Crippen molar-refractivity contribution in [1.29, 1.82) is 0 Å². The summed E-state index contributed by atoms with van der Waals surface area (Å²) in [5, 5.41) is 2.97. The minimum atomic E-state index is -0.148. The van der Waals surface area contributed by atoms with Crippen LogP contribution in [0.25, 0.3) is 6.08 Å². The number of nitrogens with one attached hydrogen (secondary N) is 1. The monoisotopic (exact) mass is 339 g/mol. The molecule has 0 aliphatic rings. The van der Waals surface area contributed by atoms with Crippen molar-refractivity contribution in [2.45, 2.75) is 26.8 Å². The summed E-state index contributed by atoms with van der Waals surface area (Å²) in [5.74, 6) is 1.45. The summed E-state index contributed by atoms with van der Waals surface area (Å²) in [6, 6.07) is 13.4. The lowest BCUT2D eigenvalue weighted by Gasteiger charge is -2.17. The zero-order valence-electron chi connectivity index (χ0n) is 15.2. The average Bonchev–Trinajstić information content (AvgIpc) is 2.61. The zero-order valence-corrected chi connectivity index (χ0v) is 15.2. The van der Waals surface area contributed by atoms with Crippen LogP contribution in [0.5, 0.6) is 11.5 Å². The van der Waals surface area contributed by atoms with Gasteiger partial charge in [0.25, 0.3) is 0 Å². The molecule has 1 N–H and O–H groups in total. The average molecular weight is 339 g/mol. The van der Waals surface area contributed by atoms with Crippen LogP contribution in [0.1, 0.15) is 36.6 Å². The molecule has 1 atom stereocenters. The fourth-order valence-electron chi connectivity index (χ4n) is 2.55. The minimum Gasteiger partial charge on any atom is -0.496 e. The van der Waals surface area contributed by atoms with Gasteiger partial charge < -0.3 is 14.8 Å². The van der Waals surface area contributed by atoms with Crippen molar-refractivity contribution in [3.05, 3.63) is 65.2 Å². The van der Waals surface area contributed by atoms with Crippen molar-refractivity contribution in [3.63, 3.8) is 0 Å². The number of aryl methyl sites for hydroxylation is 1. The van der Waals surface area contributed by atoms with Gasteiger partial charge in [-0.2, -0.15) is 0 Å². The van der Waals surface area contributed by atoms with E-state index in [-0.39, 0.29) is 11.9 Å². The van der Waals surface area contributed by atoms with Gasteiger partial charge in [-0.25, -0.2) is 0 Å². The first-order chi connectivity index (χ1) is 12.0. The second kappa shape index (κ2) is 8.92. The van der Waals surface area contributed by atoms with Gasteiger partial charge in [0.05, 0.1) is 19.8 Å². The SMILES string of the molecule is CCOc1ccc(/C=C/C(=O)N[C@@H](C)c2cc(C)ccc2OC)cc1. The van der Waals surface area contributed by atoms with E-state index in [1.165, 1.54) is 6.08 Å². The Bertz CT molecular complexity index is 735. The van der Waals surface area contributed by atoms with Crippen LogP contribution in [0.15, 0.2) is 48.5 Å². The second-order valence-corrected chi connectivity index (χ2v) is 5.81. The Morgan fingerprint density at radius 2 is 1.92 bits per heavy atom. The van der Waals surface area contributed by atoms with E-state index < -0.39 is 0 Å². The van der Waals surface area contributed by atoms with Gasteiger partial charge in [-0.1, -0.05) is 29.8 Å². The number of rotatable bonds is 7. The van der Waals surface area contributed by atoms with Crippen LogP contribution in [0.3, 0.4) is 0 Å². The molecule has 0 unspecified atom stereocenters. The number of benzene rings is 2. The van der Waals surface area contributed by atoms with Crippen LogP contribution in [-0.2, 0) is 4.79 Å². The van der Waals surface area contributed by atoms with Crippen molar-refractivity contribution in [2.75, 3.05) is 13.7 Å². The van der Waals surface area contributed by atoms with Crippen LogP contribution in [0, 0.1) is 6.92 Å². The molecular weight excluding hydrogens is 314 g/mol. The molecule has 25 heavy (non-hydrogen) atoms. The predicted molar refractivity (Wildman–Crippen MR) is 101 cm³/mol. The maximum Gasteiger partial charge on any atom is 0.244 e. The van der Waals surface area contributed by atoms with Crippen molar-refractivity contribution in [2.24, 2.45) is 0 Å². The smallest absolute Gasteiger partial charge is 0.244 e. The number of carbonyl (C=O) groups excluding carboxylic acids is 1. The molecule has 2 rings (SSSR count). The Labute approximate surface area is 149 Å². The van der Waals surface area contributed by atoms with Crippen molar-refractivity contribution < 1.29 is 14.3 Å². The van der Waals surface area contributed by atoms with Gasteiger partial charge in [-0.05, 0) is 50.6 Å². The Hall–Kier alpha value is -2.75. The molecule has 132 valence electrons. The number of hydrogen-bond donors (Lipinski definition) is 1. The molecule has 0 radical (unpaired) electrons. The van der Waals surface area contributed by atoms with Gasteiger partial charge in [0.2, 0.25) is 5.91 Å². The lowest BCUT2D eigenvalue weighted by Crippen LogP contribution is -2.25. The fraction of sp³-hybridized carbons (Fsp3) is 0.286. The lowest BCUT2D eigenvalue weighted by molar-refractivity contribution is -0.117. The molecule has 0 fully saturated rings. The van der Waals surface area contributed by atoms with Gasteiger partial charge in [-0.15, -0.1) is 0 Å². The van der Waals surface area contributed by atoms with Gasteiger partial charge in [0, 0.05) is 11.6 Å². The summed E-state index contributed by atoms with van der Waals surface area (Å²) in [6.45, 7) is 6.55. The van der Waals surface area contributed by atoms with E-state index in [2.05, 4.69) is 5.32 Å². The van der Waals surface area contributed by atoms with Crippen LogP contribution in [0.4, 0.5) is 0 Å². The third-order valence-electron chi connectivity index (χ3n) is 3.83. The summed E-state index contributed by atoms with van der Waals surface area (Å²) in [7, 11) is 1.63. The van der Waals surface area contributed by atoms with Crippen molar-refractivity contribution in [1.82, 2.24) is 5.32 Å². The molecule has 4 heteroatoms. The van der Waals surface area contributed by atoms with E-state index in [1.807, 2.05) is 63.2 Å². The summed E-state index contributed by atoms with van der Waals surface area (Å²) in [6.07, 6.45) is 3.32. The molecule has 2 aromatic rings. The maximum atomic E-state index is 12.2. The molecule has 0 aromatic heterocycles. The Morgan fingerprint density at radius 1 is 1.20 bits per heavy atom. The van der Waals surface area contributed by atoms with Gasteiger partial charge in [0.15, 0.2) is 0 Å². The number of amides is 1. The fourth-order valence-corrected chi connectivity index (χ4v) is 2.55. The first-order valence-electron chi connectivity index (χ1n) is 8.39. The highest BCUT2D eigenvalue weighted by Crippen LogP contribution is 2.26. The predicted octanol–water partition coefficient (Wildman–Crippen LogP) is 4.29. The second-order valence-electron chi connectivity index (χ2n) is 5.81. The molecule has 0 spiro atoms. The molecule has 0 saturated heterocycles. The van der Waals surface area contributed by atoms with Gasteiger partial charge in [0.1, 0.15) is 11.5 Å². The van der Waals surface area contributed by atoms with E-state index in [1.54, 1.807) is 13.2 Å². The number of carbonyl (C=O) groups is 1. The summed E-state index contributed by atoms with van der Waals surface area (Å²) in [4.78, 5) is 12.2. The highest BCUT2D eigenvalue weighted by molar-refractivity contribution is 5.92. The van der Waals surface area contributed by atoms with Crippen LogP contribution in [-0.4, -0.2) is 19.6 Å². The van der Waals surface area contributed by atoms with Gasteiger partial charge in [-0.3, -0.25) is 4.79 Å². The summed E-state index contributed by atoms with van der Waals surface area (Å²) < 4.78 is 10.8. The standard InChI is InChI=1S/C21H25NO3/c1-5-25-18-10-7-17(8-11-18)9-13-21(23)22-16(3)19-14-15(2)6-12-20(19)24-4/h6-14,16H,5H2,1-4H3,(H,22,23)/b13-9+/t16-/m0/s1. The van der Waals surface area contributed by atoms with Crippen LogP contribution < -0.4 is 14.8 Å². The molecule has 0 aliphatic carbocycles. The normalized spacial score (nSPS) is 12.0. The lowest BCUT2D eigenvalue weighted by atomic mass is 10.0. The highest BCUT2D eigenvalue weighted by Gasteiger charge is 2.13. The molecule has 1 amide bonds. The Balaban J connectivity index is 2.00. The molecule has 0 aliphatic heterocycles. The van der Waals surface area contributed by atoms with Crippen molar-refractivity contribution in [3.8, 4) is 11.5 Å². The van der Waals surface area contributed by atoms with E-state index in [0.717, 1.165) is 28.2 Å². The van der Waals surface area contributed by atoms with E-state index >= 15 is 0 Å². The Morgan fingerprint density at radius 3 is 2.56 bits per heavy atom. The van der Waals surface area contributed by atoms with Crippen molar-refractivity contribution >= 4 is 12.0 Å². The maximum absolute atomic E-state index is 12.2. The zero-order chi connectivity index (χ0) is 18.2. The third kappa shape index (κ3) is 5.38. The highest BCUT2D eigenvalue weighted by atomic mass is 16.5. The molecule has 0 saturated carbocycles. The molecular formula is C21H25NO3. The van der Waals surface area contributed by atoms with Gasteiger partial charge >= 0.3 is 0 Å². The Kier molecular flexibility index (Phi) is 6.63. The summed E-state index contributed by atoms with van der Waals surface area (Å²) in [5.41, 5.74) is 3.03. The third-order valence-corrected chi connectivity index (χ3v) is 3.83. The first-order valence-corrected chi connectivity index (χ1v) is 8.39. The van der Waals surface area contributed by atoms with E-state index in [4.69, 9.17) is 9.47 Å². The minimum absolute atomic E-state index is 0.146.